The topological polar surface area (TPSA) is 86.8 Å². The number of benzene rings is 2. The highest BCUT2D eigenvalue weighted by molar-refractivity contribution is 9.10. The molecule has 2 amide bonds. The number of nitrogens with one attached hydrogen (secondary N) is 1. The number of carbonyl (C=O) groups excluding carboxylic acids is 2. The van der Waals surface area contributed by atoms with Crippen LogP contribution in [0.4, 0.5) is 5.69 Å². The molecule has 0 bridgehead atoms. The molecule has 0 spiro atoms. The molecule has 1 atom stereocenters. The Morgan fingerprint density at radius 1 is 1.06 bits per heavy atom. The molecule has 0 saturated carbocycles. The molecule has 35 heavy (non-hydrogen) atoms. The molecule has 0 radical (unpaired) electrons. The number of amides is 2. The van der Waals surface area contributed by atoms with E-state index in [2.05, 4.69) is 21.2 Å². The van der Waals surface area contributed by atoms with E-state index in [4.69, 9.17) is 23.2 Å². The number of sulfonamides is 1. The monoisotopic (exact) mass is 605 g/mol. The number of rotatable bonds is 10. The molecule has 0 aliphatic rings. The predicted molar refractivity (Wildman–Crippen MR) is 145 cm³/mol. The minimum Gasteiger partial charge on any atom is -0.354 e. The van der Waals surface area contributed by atoms with E-state index in [0.717, 1.165) is 20.6 Å². The van der Waals surface area contributed by atoms with Crippen molar-refractivity contribution in [3.63, 3.8) is 0 Å². The molecule has 0 fully saturated rings. The summed E-state index contributed by atoms with van der Waals surface area (Å²) in [5.41, 5.74) is 1.83. The van der Waals surface area contributed by atoms with Crippen LogP contribution in [0.15, 0.2) is 40.9 Å². The molecule has 11 heteroatoms. The van der Waals surface area contributed by atoms with Crippen molar-refractivity contribution in [2.75, 3.05) is 23.7 Å². The van der Waals surface area contributed by atoms with Gasteiger partial charge in [-0.2, -0.15) is 0 Å². The number of nitrogens with zero attached hydrogens (tertiary/aromatic N) is 2. The van der Waals surface area contributed by atoms with Crippen LogP contribution in [0.5, 0.6) is 0 Å². The highest BCUT2D eigenvalue weighted by atomic mass is 79.9. The Balaban J connectivity index is 2.41. The van der Waals surface area contributed by atoms with Gasteiger partial charge < -0.3 is 10.2 Å². The van der Waals surface area contributed by atoms with Gasteiger partial charge in [-0.3, -0.25) is 13.9 Å². The van der Waals surface area contributed by atoms with Crippen molar-refractivity contribution < 1.29 is 18.0 Å². The lowest BCUT2D eigenvalue weighted by Gasteiger charge is -2.31. The second-order valence-electron chi connectivity index (χ2n) is 8.79. The van der Waals surface area contributed by atoms with Crippen LogP contribution in [0.2, 0.25) is 10.0 Å². The SMILES string of the molecule is Cc1cc(N(CC(=O)N(Cc2ccc(Cl)c(Cl)c2)[C@H](C)C(=O)NCC(C)C)S(C)(=O)=O)ccc1Br. The molecule has 192 valence electrons. The molecule has 2 rings (SSSR count). The van der Waals surface area contributed by atoms with Crippen molar-refractivity contribution in [2.45, 2.75) is 40.3 Å². The van der Waals surface area contributed by atoms with Crippen molar-refractivity contribution in [1.29, 1.82) is 0 Å². The first-order valence-corrected chi connectivity index (χ1v) is 14.4. The van der Waals surface area contributed by atoms with Crippen molar-refractivity contribution in [3.05, 3.63) is 62.0 Å². The lowest BCUT2D eigenvalue weighted by Crippen LogP contribution is -2.51. The normalized spacial score (nSPS) is 12.4. The summed E-state index contributed by atoms with van der Waals surface area (Å²) in [5.74, 6) is -0.640. The first-order chi connectivity index (χ1) is 16.2. The summed E-state index contributed by atoms with van der Waals surface area (Å²) in [4.78, 5) is 27.7. The van der Waals surface area contributed by atoms with Crippen molar-refractivity contribution in [3.8, 4) is 0 Å². The Bertz CT molecular complexity index is 1190. The van der Waals surface area contributed by atoms with E-state index in [9.17, 15) is 18.0 Å². The average Bonchev–Trinajstić information content (AvgIpc) is 2.77. The van der Waals surface area contributed by atoms with Gasteiger partial charge in [0.05, 0.1) is 22.0 Å². The minimum atomic E-state index is -3.80. The number of aryl methyl sites for hydroxylation is 1. The second kappa shape index (κ2) is 12.4. The number of halogens is 3. The number of hydrogen-bond donors (Lipinski definition) is 1. The Kier molecular flexibility index (Phi) is 10.4. The molecule has 0 aromatic heterocycles. The molecule has 0 aliphatic heterocycles. The van der Waals surface area contributed by atoms with Gasteiger partial charge in [-0.05, 0) is 61.2 Å². The molecular weight excluding hydrogens is 577 g/mol. The second-order valence-corrected chi connectivity index (χ2v) is 12.4. The summed E-state index contributed by atoms with van der Waals surface area (Å²) in [7, 11) is -3.80. The van der Waals surface area contributed by atoms with Gasteiger partial charge in [0, 0.05) is 17.6 Å². The highest BCUT2D eigenvalue weighted by Crippen LogP contribution is 2.26. The third kappa shape index (κ3) is 8.37. The lowest BCUT2D eigenvalue weighted by atomic mass is 10.1. The fourth-order valence-electron chi connectivity index (χ4n) is 3.27. The average molecular weight is 607 g/mol. The molecule has 1 N–H and O–H groups in total. The molecule has 7 nitrogen and oxygen atoms in total. The van der Waals surface area contributed by atoms with Gasteiger partial charge in [-0.15, -0.1) is 0 Å². The summed E-state index contributed by atoms with van der Waals surface area (Å²) in [6, 6.07) is 9.11. The molecule has 0 unspecified atom stereocenters. The molecular formula is C24H30BrCl2N3O4S. The molecule has 0 heterocycles. The van der Waals surface area contributed by atoms with Crippen molar-refractivity contribution in [1.82, 2.24) is 10.2 Å². The van der Waals surface area contributed by atoms with Gasteiger partial charge >= 0.3 is 0 Å². The van der Waals surface area contributed by atoms with E-state index in [1.807, 2.05) is 20.8 Å². The van der Waals surface area contributed by atoms with Crippen molar-refractivity contribution in [2.24, 2.45) is 5.92 Å². The molecule has 2 aromatic rings. The third-order valence-electron chi connectivity index (χ3n) is 5.30. The third-order valence-corrected chi connectivity index (χ3v) is 8.07. The van der Waals surface area contributed by atoms with Gasteiger partial charge in [-0.1, -0.05) is 59.0 Å². The van der Waals surface area contributed by atoms with Crippen LogP contribution in [0, 0.1) is 12.8 Å². The lowest BCUT2D eigenvalue weighted by molar-refractivity contribution is -0.139. The van der Waals surface area contributed by atoms with E-state index >= 15 is 0 Å². The predicted octanol–water partition coefficient (Wildman–Crippen LogP) is 5.02. The van der Waals surface area contributed by atoms with Crippen molar-refractivity contribution >= 4 is 66.7 Å². The summed E-state index contributed by atoms with van der Waals surface area (Å²) < 4.78 is 27.1. The van der Waals surface area contributed by atoms with Gasteiger partial charge in [0.2, 0.25) is 21.8 Å². The summed E-state index contributed by atoms with van der Waals surface area (Å²) in [6.07, 6.45) is 1.04. The van der Waals surface area contributed by atoms with E-state index in [1.54, 1.807) is 43.3 Å². The van der Waals surface area contributed by atoms with Crippen LogP contribution in [0.3, 0.4) is 0 Å². The Morgan fingerprint density at radius 2 is 1.71 bits per heavy atom. The zero-order chi connectivity index (χ0) is 26.5. The summed E-state index contributed by atoms with van der Waals surface area (Å²) in [5, 5.41) is 3.52. The first-order valence-electron chi connectivity index (χ1n) is 11.0. The minimum absolute atomic E-state index is 0.0446. The standard InChI is InChI=1S/C24H30BrCl2N3O4S/c1-15(2)12-28-24(32)17(4)29(13-18-6-9-21(26)22(27)11-18)23(31)14-30(35(5,33)34)19-7-8-20(25)16(3)10-19/h6-11,15,17H,12-14H2,1-5H3,(H,28,32)/t17-/m1/s1. The maximum atomic E-state index is 13.5. The van der Waals surface area contributed by atoms with Crippen LogP contribution >= 0.6 is 39.1 Å². The molecule has 0 saturated heterocycles. The number of anilines is 1. The quantitative estimate of drug-likeness (QED) is 0.411. The molecule has 2 aromatic carbocycles. The Morgan fingerprint density at radius 3 is 2.26 bits per heavy atom. The van der Waals surface area contributed by atoms with Crippen LogP contribution in [0.25, 0.3) is 0 Å². The van der Waals surface area contributed by atoms with Crippen LogP contribution in [-0.4, -0.2) is 50.5 Å². The smallest absolute Gasteiger partial charge is 0.244 e. The zero-order valence-corrected chi connectivity index (χ0v) is 24.2. The molecule has 0 aliphatic carbocycles. The maximum Gasteiger partial charge on any atom is 0.244 e. The van der Waals surface area contributed by atoms with Crippen LogP contribution in [0.1, 0.15) is 31.9 Å². The Hall–Kier alpha value is -1.81. The Labute approximate surface area is 225 Å². The largest absolute Gasteiger partial charge is 0.354 e. The zero-order valence-electron chi connectivity index (χ0n) is 20.3. The fourth-order valence-corrected chi connectivity index (χ4v) is 4.68. The fraction of sp³-hybridized carbons (Fsp3) is 0.417. The van der Waals surface area contributed by atoms with Gasteiger partial charge in [-0.25, -0.2) is 8.42 Å². The first kappa shape index (κ1) is 29.4. The summed E-state index contributed by atoms with van der Waals surface area (Å²) >= 11 is 15.6. The maximum absolute atomic E-state index is 13.5. The van der Waals surface area contributed by atoms with E-state index in [0.29, 0.717) is 27.8 Å². The van der Waals surface area contributed by atoms with E-state index in [-0.39, 0.29) is 18.4 Å². The van der Waals surface area contributed by atoms with Gasteiger partial charge in [0.15, 0.2) is 0 Å². The number of carbonyl (C=O) groups is 2. The number of hydrogen-bond acceptors (Lipinski definition) is 4. The van der Waals surface area contributed by atoms with E-state index in [1.165, 1.54) is 4.90 Å². The van der Waals surface area contributed by atoms with Gasteiger partial charge in [0.25, 0.3) is 0 Å². The van der Waals surface area contributed by atoms with Gasteiger partial charge in [0.1, 0.15) is 12.6 Å². The van der Waals surface area contributed by atoms with Crippen LogP contribution in [-0.2, 0) is 26.2 Å². The van der Waals surface area contributed by atoms with E-state index < -0.39 is 28.5 Å². The highest BCUT2D eigenvalue weighted by Gasteiger charge is 2.30. The summed E-state index contributed by atoms with van der Waals surface area (Å²) in [6.45, 7) is 7.40. The van der Waals surface area contributed by atoms with Crippen LogP contribution < -0.4 is 9.62 Å².